The Balaban J connectivity index is -0.000000135. The third-order valence-corrected chi connectivity index (χ3v) is 2.57. The minimum absolute atomic E-state index is 0. The molecule has 0 aliphatic heterocycles. The molecule has 0 amide bonds. The fraction of sp³-hybridized carbons (Fsp3) is 0.833. The average molecular weight is 365 g/mol. The van der Waals surface area contributed by atoms with Crippen molar-refractivity contribution < 1.29 is 19.8 Å². The van der Waals surface area contributed by atoms with Crippen LogP contribution < -0.4 is 22.9 Å². The van der Waals surface area contributed by atoms with Gasteiger partial charge in [0.1, 0.15) is 12.1 Å². The molecule has 0 saturated carbocycles. The van der Waals surface area contributed by atoms with Crippen molar-refractivity contribution in [2.45, 2.75) is 50.6 Å². The van der Waals surface area contributed by atoms with Crippen molar-refractivity contribution in [1.29, 1.82) is 0 Å². The number of aliphatic carboxylic acids is 2. The Morgan fingerprint density at radius 2 is 1.00 bits per heavy atom. The second-order valence-corrected chi connectivity index (χ2v) is 4.46. The van der Waals surface area contributed by atoms with Crippen molar-refractivity contribution in [3.63, 3.8) is 0 Å². The fourth-order valence-corrected chi connectivity index (χ4v) is 1.26. The summed E-state index contributed by atoms with van der Waals surface area (Å²) in [6, 6.07) is -1.43. The van der Waals surface area contributed by atoms with Crippen LogP contribution in [0.25, 0.3) is 0 Å². The van der Waals surface area contributed by atoms with Gasteiger partial charge in [-0.05, 0) is 38.8 Å². The van der Waals surface area contributed by atoms with Gasteiger partial charge in [0.2, 0.25) is 0 Å². The van der Waals surface area contributed by atoms with Crippen molar-refractivity contribution in [2.75, 3.05) is 13.1 Å². The van der Waals surface area contributed by atoms with Crippen molar-refractivity contribution in [1.82, 2.24) is 0 Å². The molecule has 22 heavy (non-hydrogen) atoms. The quantitative estimate of drug-likeness (QED) is 0.290. The highest BCUT2D eigenvalue weighted by Crippen LogP contribution is 1.97. The van der Waals surface area contributed by atoms with Crippen molar-refractivity contribution in [2.24, 2.45) is 22.9 Å². The zero-order chi connectivity index (χ0) is 16.0. The van der Waals surface area contributed by atoms with Crippen LogP contribution in [0.3, 0.4) is 0 Å². The molecule has 0 aromatic heterocycles. The first-order chi connectivity index (χ1) is 9.36. The lowest BCUT2D eigenvalue weighted by molar-refractivity contribution is -0.139. The molecule has 0 aliphatic rings. The Bertz CT molecular complexity index is 248. The monoisotopic (exact) mass is 364 g/mol. The Morgan fingerprint density at radius 1 is 0.727 bits per heavy atom. The first-order valence-corrected chi connectivity index (χ1v) is 6.73. The smallest absolute Gasteiger partial charge is 0.320 e. The average Bonchev–Trinajstić information content (AvgIpc) is 2.39. The Hall–Kier alpha value is -0.640. The third-order valence-electron chi connectivity index (χ3n) is 2.57. The van der Waals surface area contributed by atoms with Gasteiger partial charge in [-0.3, -0.25) is 9.59 Å². The molecule has 10 N–H and O–H groups in total. The van der Waals surface area contributed by atoms with Gasteiger partial charge in [0.15, 0.2) is 0 Å². The zero-order valence-electron chi connectivity index (χ0n) is 12.6. The molecule has 0 aromatic rings. The molecule has 10 heteroatoms. The molecule has 0 rings (SSSR count). The lowest BCUT2D eigenvalue weighted by Crippen LogP contribution is -2.29. The van der Waals surface area contributed by atoms with E-state index in [2.05, 4.69) is 0 Å². The van der Waals surface area contributed by atoms with Gasteiger partial charge < -0.3 is 33.1 Å². The largest absolute Gasteiger partial charge is 0.480 e. The van der Waals surface area contributed by atoms with Gasteiger partial charge in [-0.25, -0.2) is 0 Å². The molecular weight excluding hydrogens is 335 g/mol. The van der Waals surface area contributed by atoms with Crippen molar-refractivity contribution >= 4 is 36.8 Å². The summed E-state index contributed by atoms with van der Waals surface area (Å²) in [5, 5.41) is 16.7. The molecular formula is C12H30Cl2N4O4. The summed E-state index contributed by atoms with van der Waals surface area (Å²) >= 11 is 0. The van der Waals surface area contributed by atoms with Gasteiger partial charge in [0.25, 0.3) is 0 Å². The van der Waals surface area contributed by atoms with Crippen LogP contribution in [-0.2, 0) is 9.59 Å². The number of hydrogen-bond acceptors (Lipinski definition) is 6. The second kappa shape index (κ2) is 20.4. The Morgan fingerprint density at radius 3 is 1.18 bits per heavy atom. The third kappa shape index (κ3) is 21.7. The molecule has 0 fully saturated rings. The Labute approximate surface area is 143 Å². The van der Waals surface area contributed by atoms with Crippen LogP contribution in [0.5, 0.6) is 0 Å². The second-order valence-electron chi connectivity index (χ2n) is 4.46. The lowest BCUT2D eigenvalue weighted by atomic mass is 10.1. The van der Waals surface area contributed by atoms with Crippen molar-refractivity contribution in [3.05, 3.63) is 0 Å². The standard InChI is InChI=1S/2C6H14N2O2.2ClH/c2*7-4-2-1-3-5(8)6(9)10;;/h2*5H,1-4,7-8H2,(H,9,10);2*1H/t5-;;;/m0.../s1. The highest BCUT2D eigenvalue weighted by molar-refractivity contribution is 5.85. The number of carboxylic acid groups (broad SMARTS) is 2. The SMILES string of the molecule is Cl.Cl.NCCCCC(N)C(=O)O.NCCCC[C@H](N)C(=O)O. The molecule has 0 spiro atoms. The summed E-state index contributed by atoms with van der Waals surface area (Å²) in [5.41, 5.74) is 20.8. The number of halogens is 2. The van der Waals surface area contributed by atoms with Crippen LogP contribution in [0.15, 0.2) is 0 Å². The maximum absolute atomic E-state index is 10.1. The van der Waals surface area contributed by atoms with Crippen LogP contribution in [0.4, 0.5) is 0 Å². The van der Waals surface area contributed by atoms with E-state index in [9.17, 15) is 9.59 Å². The highest BCUT2D eigenvalue weighted by atomic mass is 35.5. The van der Waals surface area contributed by atoms with E-state index in [1.165, 1.54) is 0 Å². The number of unbranched alkanes of at least 4 members (excludes halogenated alkanes) is 2. The maximum atomic E-state index is 10.1. The summed E-state index contributed by atoms with van der Waals surface area (Å²) in [6.45, 7) is 1.21. The molecule has 0 bridgehead atoms. The summed E-state index contributed by atoms with van der Waals surface area (Å²) < 4.78 is 0. The summed E-state index contributed by atoms with van der Waals surface area (Å²) in [7, 11) is 0. The lowest BCUT2D eigenvalue weighted by Gasteiger charge is -2.03. The molecule has 1 unspecified atom stereocenters. The summed E-state index contributed by atoms with van der Waals surface area (Å²) in [5.74, 6) is -1.87. The maximum Gasteiger partial charge on any atom is 0.320 e. The molecule has 0 aliphatic carbocycles. The van der Waals surface area contributed by atoms with Gasteiger partial charge in [-0.1, -0.05) is 12.8 Å². The summed E-state index contributed by atoms with van der Waals surface area (Å²) in [6.07, 6.45) is 4.33. The number of carbonyl (C=O) groups is 2. The number of carboxylic acids is 2. The fourth-order valence-electron chi connectivity index (χ4n) is 1.26. The van der Waals surface area contributed by atoms with E-state index in [0.717, 1.165) is 25.7 Å². The molecule has 0 heterocycles. The first-order valence-electron chi connectivity index (χ1n) is 6.73. The summed E-state index contributed by atoms with van der Waals surface area (Å²) in [4.78, 5) is 20.3. The molecule has 0 saturated heterocycles. The number of nitrogens with two attached hydrogens (primary N) is 4. The topological polar surface area (TPSA) is 179 Å². The van der Waals surface area contributed by atoms with E-state index in [4.69, 9.17) is 33.1 Å². The minimum Gasteiger partial charge on any atom is -0.480 e. The van der Waals surface area contributed by atoms with Crippen LogP contribution in [-0.4, -0.2) is 47.3 Å². The normalized spacial score (nSPS) is 11.8. The van der Waals surface area contributed by atoms with Crippen LogP contribution in [0.2, 0.25) is 0 Å². The van der Waals surface area contributed by atoms with Gasteiger partial charge in [-0.15, -0.1) is 24.8 Å². The van der Waals surface area contributed by atoms with Crippen LogP contribution in [0, 0.1) is 0 Å². The first kappa shape index (κ1) is 29.4. The zero-order valence-corrected chi connectivity index (χ0v) is 14.3. The van der Waals surface area contributed by atoms with Crippen LogP contribution >= 0.6 is 24.8 Å². The molecule has 8 nitrogen and oxygen atoms in total. The van der Waals surface area contributed by atoms with E-state index in [0.29, 0.717) is 25.9 Å². The molecule has 2 atom stereocenters. The molecule has 136 valence electrons. The van der Waals surface area contributed by atoms with E-state index in [1.807, 2.05) is 0 Å². The Kier molecular flexibility index (Phi) is 27.2. The predicted molar refractivity (Wildman–Crippen MR) is 91.5 cm³/mol. The highest BCUT2D eigenvalue weighted by Gasteiger charge is 2.09. The van der Waals surface area contributed by atoms with Gasteiger partial charge >= 0.3 is 11.9 Å². The van der Waals surface area contributed by atoms with E-state index in [-0.39, 0.29) is 24.8 Å². The number of rotatable bonds is 10. The van der Waals surface area contributed by atoms with E-state index >= 15 is 0 Å². The van der Waals surface area contributed by atoms with Gasteiger partial charge in [0.05, 0.1) is 0 Å². The minimum atomic E-state index is -0.933. The molecule has 0 aromatic carbocycles. The van der Waals surface area contributed by atoms with E-state index in [1.54, 1.807) is 0 Å². The van der Waals surface area contributed by atoms with Gasteiger partial charge in [-0.2, -0.15) is 0 Å². The van der Waals surface area contributed by atoms with Crippen molar-refractivity contribution in [3.8, 4) is 0 Å². The van der Waals surface area contributed by atoms with Crippen LogP contribution in [0.1, 0.15) is 38.5 Å². The number of hydrogen-bond donors (Lipinski definition) is 6. The predicted octanol–water partition coefficient (Wildman–Crippen LogP) is -0.102. The molecule has 0 radical (unpaired) electrons. The van der Waals surface area contributed by atoms with Gasteiger partial charge in [0, 0.05) is 0 Å². The van der Waals surface area contributed by atoms with E-state index < -0.39 is 24.0 Å².